The predicted molar refractivity (Wildman–Crippen MR) is 96.2 cm³/mol. The maximum Gasteiger partial charge on any atom is 0.325 e. The number of β-amino-alcohol motifs (C(OH)–C–C–N with tert-alkyl or cyclic N) is 1. The number of amides is 3. The Morgan fingerprint density at radius 2 is 1.89 bits per heavy atom. The molecule has 0 radical (unpaired) electrons. The van der Waals surface area contributed by atoms with Crippen molar-refractivity contribution in [3.8, 4) is 11.5 Å². The first-order valence-electron chi connectivity index (χ1n) is 8.82. The Morgan fingerprint density at radius 1 is 1.15 bits per heavy atom. The Kier molecular flexibility index (Phi) is 4.24. The number of rotatable bonds is 5. The summed E-state index contributed by atoms with van der Waals surface area (Å²) >= 11 is 0. The molecule has 1 fully saturated rings. The van der Waals surface area contributed by atoms with Crippen LogP contribution in [-0.4, -0.2) is 35.3 Å². The van der Waals surface area contributed by atoms with Crippen molar-refractivity contribution in [2.45, 2.75) is 25.0 Å². The van der Waals surface area contributed by atoms with Crippen LogP contribution in [0.4, 0.5) is 4.79 Å². The summed E-state index contributed by atoms with van der Waals surface area (Å²) < 4.78 is 10.6. The van der Waals surface area contributed by atoms with E-state index >= 15 is 0 Å². The van der Waals surface area contributed by atoms with Crippen molar-refractivity contribution in [1.82, 2.24) is 10.2 Å². The topological polar surface area (TPSA) is 88.1 Å². The first-order chi connectivity index (χ1) is 13.0. The van der Waals surface area contributed by atoms with E-state index in [9.17, 15) is 14.7 Å². The number of nitrogens with zero attached hydrogens (tertiary/aromatic N) is 1. The molecule has 2 unspecified atom stereocenters. The number of aliphatic hydroxyl groups excluding tert-OH is 1. The number of carbonyl (C=O) groups excluding carboxylic acids is 2. The average Bonchev–Trinajstić information content (AvgIpc) is 3.26. The fourth-order valence-corrected chi connectivity index (χ4v) is 3.55. The second kappa shape index (κ2) is 6.59. The van der Waals surface area contributed by atoms with Gasteiger partial charge in [0, 0.05) is 0 Å². The highest BCUT2D eigenvalue weighted by atomic mass is 16.7. The molecule has 0 aromatic heterocycles. The molecule has 7 nitrogen and oxygen atoms in total. The zero-order chi connectivity index (χ0) is 19.0. The molecule has 2 atom stereocenters. The molecule has 0 spiro atoms. The quantitative estimate of drug-likeness (QED) is 0.791. The van der Waals surface area contributed by atoms with E-state index < -0.39 is 17.7 Å². The largest absolute Gasteiger partial charge is 0.454 e. The zero-order valence-corrected chi connectivity index (χ0v) is 14.8. The number of imide groups is 1. The Bertz CT molecular complexity index is 885. The highest BCUT2D eigenvalue weighted by Crippen LogP contribution is 2.36. The number of urea groups is 1. The third-order valence-corrected chi connectivity index (χ3v) is 5.11. The van der Waals surface area contributed by atoms with Crippen LogP contribution < -0.4 is 14.8 Å². The predicted octanol–water partition coefficient (Wildman–Crippen LogP) is 2.31. The molecule has 2 aromatic rings. The van der Waals surface area contributed by atoms with Crippen LogP contribution in [0.3, 0.4) is 0 Å². The molecule has 2 heterocycles. The van der Waals surface area contributed by atoms with Gasteiger partial charge in [0.1, 0.15) is 5.54 Å². The lowest BCUT2D eigenvalue weighted by Gasteiger charge is -2.26. The number of carbonyl (C=O) groups is 2. The number of aliphatic hydroxyl groups is 1. The molecule has 2 N–H and O–H groups in total. The summed E-state index contributed by atoms with van der Waals surface area (Å²) in [6.45, 7) is 1.85. The van der Waals surface area contributed by atoms with E-state index in [2.05, 4.69) is 5.32 Å². The number of fused-ring (bicyclic) bond motifs is 1. The van der Waals surface area contributed by atoms with Crippen LogP contribution >= 0.6 is 0 Å². The average molecular weight is 368 g/mol. The van der Waals surface area contributed by atoms with Gasteiger partial charge in [-0.05, 0) is 29.7 Å². The maximum absolute atomic E-state index is 13.1. The molecule has 3 amide bonds. The third kappa shape index (κ3) is 2.80. The molecule has 0 bridgehead atoms. The van der Waals surface area contributed by atoms with Gasteiger partial charge in [0.05, 0.1) is 12.6 Å². The van der Waals surface area contributed by atoms with Crippen molar-refractivity contribution < 1.29 is 24.2 Å². The minimum absolute atomic E-state index is 0.137. The number of benzene rings is 2. The molecule has 140 valence electrons. The third-order valence-electron chi connectivity index (χ3n) is 5.11. The molecule has 2 aliphatic rings. The van der Waals surface area contributed by atoms with Gasteiger partial charge in [0.25, 0.3) is 5.91 Å². The number of hydrogen-bond acceptors (Lipinski definition) is 5. The fraction of sp³-hybridized carbons (Fsp3) is 0.300. The molecule has 2 aromatic carbocycles. The molecule has 0 saturated carbocycles. The summed E-state index contributed by atoms with van der Waals surface area (Å²) in [6.07, 6.45) is -0.615. The molecule has 27 heavy (non-hydrogen) atoms. The van der Waals surface area contributed by atoms with Gasteiger partial charge in [-0.3, -0.25) is 9.69 Å². The lowest BCUT2D eigenvalue weighted by molar-refractivity contribution is -0.132. The summed E-state index contributed by atoms with van der Waals surface area (Å²) in [7, 11) is 0. The van der Waals surface area contributed by atoms with Crippen molar-refractivity contribution in [3.05, 3.63) is 59.7 Å². The van der Waals surface area contributed by atoms with E-state index in [0.29, 0.717) is 23.5 Å². The zero-order valence-electron chi connectivity index (χ0n) is 14.8. The van der Waals surface area contributed by atoms with Crippen LogP contribution in [0.1, 0.15) is 30.6 Å². The van der Waals surface area contributed by atoms with Crippen LogP contribution in [0, 0.1) is 0 Å². The van der Waals surface area contributed by atoms with E-state index in [0.717, 1.165) is 10.5 Å². The van der Waals surface area contributed by atoms with E-state index in [1.807, 2.05) is 37.3 Å². The molecular formula is C20H20N2O5. The minimum atomic E-state index is -1.10. The smallest absolute Gasteiger partial charge is 0.325 e. The van der Waals surface area contributed by atoms with Crippen molar-refractivity contribution in [2.24, 2.45) is 0 Å². The van der Waals surface area contributed by atoms with Gasteiger partial charge >= 0.3 is 6.03 Å². The summed E-state index contributed by atoms with van der Waals surface area (Å²) in [5.41, 5.74) is 0.173. The van der Waals surface area contributed by atoms with Crippen LogP contribution in [0.25, 0.3) is 0 Å². The summed E-state index contributed by atoms with van der Waals surface area (Å²) in [6, 6.07) is 13.7. The molecule has 0 aliphatic carbocycles. The SMILES string of the molecule is CCC1(c2ccccc2)NC(=O)N(CC(O)c2ccc3c(c2)OCO3)C1=O. The van der Waals surface area contributed by atoms with E-state index in [-0.39, 0.29) is 19.2 Å². The van der Waals surface area contributed by atoms with Crippen LogP contribution in [0.2, 0.25) is 0 Å². The van der Waals surface area contributed by atoms with E-state index in [1.165, 1.54) is 0 Å². The normalized spacial score (nSPS) is 22.1. The second-order valence-electron chi connectivity index (χ2n) is 6.60. The van der Waals surface area contributed by atoms with Gasteiger partial charge in [-0.1, -0.05) is 43.3 Å². The first kappa shape index (κ1) is 17.4. The van der Waals surface area contributed by atoms with Crippen LogP contribution in [-0.2, 0) is 10.3 Å². The van der Waals surface area contributed by atoms with Gasteiger partial charge < -0.3 is 19.9 Å². The summed E-state index contributed by atoms with van der Waals surface area (Å²) in [4.78, 5) is 26.7. The Labute approximate surface area is 156 Å². The molecule has 1 saturated heterocycles. The van der Waals surface area contributed by atoms with Crippen molar-refractivity contribution in [2.75, 3.05) is 13.3 Å². The van der Waals surface area contributed by atoms with Crippen LogP contribution in [0.15, 0.2) is 48.5 Å². The van der Waals surface area contributed by atoms with Crippen LogP contribution in [0.5, 0.6) is 11.5 Å². The van der Waals surface area contributed by atoms with E-state index in [4.69, 9.17) is 9.47 Å². The molecular weight excluding hydrogens is 348 g/mol. The van der Waals surface area contributed by atoms with Gasteiger partial charge in [0.15, 0.2) is 11.5 Å². The number of nitrogens with one attached hydrogen (secondary N) is 1. The van der Waals surface area contributed by atoms with Gasteiger partial charge in [-0.25, -0.2) is 4.79 Å². The lowest BCUT2D eigenvalue weighted by atomic mass is 9.87. The highest BCUT2D eigenvalue weighted by Gasteiger charge is 2.51. The Morgan fingerprint density at radius 3 is 2.63 bits per heavy atom. The monoisotopic (exact) mass is 368 g/mol. The standard InChI is InChI=1S/C20H20N2O5/c1-2-20(14-6-4-3-5-7-14)18(24)22(19(25)21-20)11-15(23)13-8-9-16-17(10-13)27-12-26-16/h3-10,15,23H,2,11-12H2,1H3,(H,21,25). The highest BCUT2D eigenvalue weighted by molar-refractivity contribution is 6.07. The maximum atomic E-state index is 13.1. The number of ether oxygens (including phenoxy) is 2. The molecule has 2 aliphatic heterocycles. The van der Waals surface area contributed by atoms with Gasteiger partial charge in [-0.15, -0.1) is 0 Å². The second-order valence-corrected chi connectivity index (χ2v) is 6.60. The van der Waals surface area contributed by atoms with Crippen molar-refractivity contribution >= 4 is 11.9 Å². The van der Waals surface area contributed by atoms with Gasteiger partial charge in [0.2, 0.25) is 6.79 Å². The molecule has 7 heteroatoms. The van der Waals surface area contributed by atoms with Gasteiger partial charge in [-0.2, -0.15) is 0 Å². The first-order valence-corrected chi connectivity index (χ1v) is 8.82. The minimum Gasteiger partial charge on any atom is -0.454 e. The number of hydrogen-bond donors (Lipinski definition) is 2. The van der Waals surface area contributed by atoms with E-state index in [1.54, 1.807) is 18.2 Å². The molecule has 4 rings (SSSR count). The summed E-state index contributed by atoms with van der Waals surface area (Å²) in [5, 5.41) is 13.4. The fourth-order valence-electron chi connectivity index (χ4n) is 3.55. The lowest BCUT2D eigenvalue weighted by Crippen LogP contribution is -2.43. The Balaban J connectivity index is 1.57. The van der Waals surface area contributed by atoms with Crippen molar-refractivity contribution in [1.29, 1.82) is 0 Å². The summed E-state index contributed by atoms with van der Waals surface area (Å²) in [5.74, 6) is 0.784. The Hall–Kier alpha value is -3.06. The van der Waals surface area contributed by atoms with Crippen molar-refractivity contribution in [3.63, 3.8) is 0 Å².